The molecule has 0 heterocycles. The molecule has 0 saturated carbocycles. The Kier molecular flexibility index (Phi) is 6.67. The minimum Gasteiger partial charge on any atom is -0.495 e. The molecule has 0 aliphatic heterocycles. The molecule has 4 heteroatoms. The van der Waals surface area contributed by atoms with E-state index in [1.165, 1.54) is 5.56 Å². The van der Waals surface area contributed by atoms with E-state index >= 15 is 0 Å². The summed E-state index contributed by atoms with van der Waals surface area (Å²) in [5.41, 5.74) is 2.51. The molecule has 0 radical (unpaired) electrons. The van der Waals surface area contributed by atoms with Crippen LogP contribution in [0, 0.1) is 19.3 Å². The third-order valence-electron chi connectivity index (χ3n) is 4.52. The lowest BCUT2D eigenvalue weighted by Crippen LogP contribution is -2.31. The number of rotatable bonds is 8. The number of carbonyl (C=O) groups excluding carboxylic acids is 1. The number of benzene rings is 2. The van der Waals surface area contributed by atoms with Gasteiger partial charge >= 0.3 is 0 Å². The van der Waals surface area contributed by atoms with Crippen LogP contribution >= 0.6 is 0 Å². The zero-order chi connectivity index (χ0) is 19.2. The Morgan fingerprint density at radius 2 is 1.81 bits per heavy atom. The number of anilines is 1. The van der Waals surface area contributed by atoms with E-state index in [1.54, 1.807) is 7.11 Å². The van der Waals surface area contributed by atoms with Crippen LogP contribution in [0.2, 0.25) is 0 Å². The summed E-state index contributed by atoms with van der Waals surface area (Å²) < 4.78 is 11.2. The van der Waals surface area contributed by atoms with E-state index in [9.17, 15) is 4.79 Å². The van der Waals surface area contributed by atoms with Crippen LogP contribution in [0.1, 0.15) is 37.8 Å². The molecule has 0 bridgehead atoms. The van der Waals surface area contributed by atoms with Gasteiger partial charge in [0.2, 0.25) is 5.91 Å². The average Bonchev–Trinajstić information content (AvgIpc) is 2.62. The highest BCUT2D eigenvalue weighted by Gasteiger charge is 2.27. The number of para-hydroxylation sites is 2. The number of ether oxygens (including phenoxy) is 2. The Hall–Kier alpha value is -2.49. The number of carbonyl (C=O) groups is 1. The minimum absolute atomic E-state index is 0.0197. The number of aryl methyl sites for hydroxylation is 2. The molecule has 0 aromatic heterocycles. The summed E-state index contributed by atoms with van der Waals surface area (Å²) in [5.74, 6) is 1.56. The molecular weight excluding hydrogens is 326 g/mol. The summed E-state index contributed by atoms with van der Waals surface area (Å²) in [6.07, 6.45) is 1.54. The van der Waals surface area contributed by atoms with Crippen LogP contribution in [0.25, 0.3) is 0 Å². The quantitative estimate of drug-likeness (QED) is 0.667. The topological polar surface area (TPSA) is 47.6 Å². The second-order valence-electron chi connectivity index (χ2n) is 7.26. The minimum atomic E-state index is -0.494. The van der Waals surface area contributed by atoms with E-state index in [2.05, 4.69) is 30.4 Å². The van der Waals surface area contributed by atoms with Gasteiger partial charge in [-0.15, -0.1) is 0 Å². The number of methoxy groups -OCH3 is 1. The first kappa shape index (κ1) is 19.8. The maximum atomic E-state index is 12.7. The molecule has 1 amide bonds. The molecule has 2 rings (SSSR count). The van der Waals surface area contributed by atoms with Crippen molar-refractivity contribution in [2.45, 2.75) is 40.5 Å². The van der Waals surface area contributed by atoms with Gasteiger partial charge in [-0.2, -0.15) is 0 Å². The second-order valence-corrected chi connectivity index (χ2v) is 7.26. The first-order chi connectivity index (χ1) is 12.3. The van der Waals surface area contributed by atoms with Gasteiger partial charge in [0.25, 0.3) is 0 Å². The predicted molar refractivity (Wildman–Crippen MR) is 106 cm³/mol. The molecule has 2 aromatic rings. The van der Waals surface area contributed by atoms with E-state index < -0.39 is 5.41 Å². The average molecular weight is 355 g/mol. The number of amides is 1. The van der Waals surface area contributed by atoms with E-state index in [0.29, 0.717) is 18.0 Å². The molecule has 26 heavy (non-hydrogen) atoms. The summed E-state index contributed by atoms with van der Waals surface area (Å²) in [6, 6.07) is 13.6. The third kappa shape index (κ3) is 5.25. The number of hydrogen-bond acceptors (Lipinski definition) is 3. The Balaban J connectivity index is 1.87. The van der Waals surface area contributed by atoms with Crippen molar-refractivity contribution < 1.29 is 14.3 Å². The lowest BCUT2D eigenvalue weighted by molar-refractivity contribution is -0.124. The van der Waals surface area contributed by atoms with Crippen LogP contribution in [0.3, 0.4) is 0 Å². The Morgan fingerprint density at radius 1 is 1.08 bits per heavy atom. The number of nitrogens with one attached hydrogen (secondary N) is 1. The molecular formula is C22H29NO3. The van der Waals surface area contributed by atoms with Crippen molar-refractivity contribution in [2.75, 3.05) is 19.0 Å². The summed E-state index contributed by atoms with van der Waals surface area (Å²) >= 11 is 0. The molecule has 1 N–H and O–H groups in total. The van der Waals surface area contributed by atoms with Gasteiger partial charge in [-0.05, 0) is 56.0 Å². The number of hydrogen-bond donors (Lipinski definition) is 1. The van der Waals surface area contributed by atoms with Crippen LogP contribution in [0.15, 0.2) is 42.5 Å². The molecule has 0 atom stereocenters. The van der Waals surface area contributed by atoms with Crippen molar-refractivity contribution >= 4 is 11.6 Å². The van der Waals surface area contributed by atoms with Gasteiger partial charge in [-0.1, -0.05) is 38.1 Å². The molecule has 0 unspecified atom stereocenters. The molecule has 4 nitrogen and oxygen atoms in total. The molecule has 0 aliphatic carbocycles. The zero-order valence-electron chi connectivity index (χ0n) is 16.4. The van der Waals surface area contributed by atoms with Crippen LogP contribution in [-0.2, 0) is 4.79 Å². The summed E-state index contributed by atoms with van der Waals surface area (Å²) in [6.45, 7) is 8.60. The lowest BCUT2D eigenvalue weighted by Gasteiger charge is -2.24. The Labute approximate surface area is 156 Å². The first-order valence-electron chi connectivity index (χ1n) is 8.98. The Morgan fingerprint density at radius 3 is 2.54 bits per heavy atom. The molecule has 140 valence electrons. The van der Waals surface area contributed by atoms with Gasteiger partial charge in [0.15, 0.2) is 0 Å². The molecule has 2 aromatic carbocycles. The predicted octanol–water partition coefficient (Wildman–Crippen LogP) is 5.14. The largest absolute Gasteiger partial charge is 0.495 e. The molecule has 0 spiro atoms. The van der Waals surface area contributed by atoms with Gasteiger partial charge in [-0.25, -0.2) is 0 Å². The maximum absolute atomic E-state index is 12.7. The summed E-state index contributed by atoms with van der Waals surface area (Å²) in [5, 5.41) is 2.97. The van der Waals surface area contributed by atoms with E-state index in [0.717, 1.165) is 24.2 Å². The standard InChI is InChI=1S/C22H29NO3/c1-16-11-12-17(2)20(15-16)26-14-8-13-22(3,4)21(24)23-18-9-6-7-10-19(18)25-5/h6-7,9-12,15H,8,13-14H2,1-5H3,(H,23,24). The van der Waals surface area contributed by atoms with Crippen LogP contribution < -0.4 is 14.8 Å². The SMILES string of the molecule is COc1ccccc1NC(=O)C(C)(C)CCCOc1cc(C)ccc1C. The fourth-order valence-corrected chi connectivity index (χ4v) is 2.71. The highest BCUT2D eigenvalue weighted by atomic mass is 16.5. The first-order valence-corrected chi connectivity index (χ1v) is 8.98. The summed E-state index contributed by atoms with van der Waals surface area (Å²) in [4.78, 5) is 12.7. The summed E-state index contributed by atoms with van der Waals surface area (Å²) in [7, 11) is 1.60. The van der Waals surface area contributed by atoms with E-state index in [-0.39, 0.29) is 5.91 Å². The monoisotopic (exact) mass is 355 g/mol. The van der Waals surface area contributed by atoms with Gasteiger partial charge in [-0.3, -0.25) is 4.79 Å². The van der Waals surface area contributed by atoms with Crippen LogP contribution in [-0.4, -0.2) is 19.6 Å². The van der Waals surface area contributed by atoms with Crippen molar-refractivity contribution in [3.63, 3.8) is 0 Å². The normalized spacial score (nSPS) is 11.1. The van der Waals surface area contributed by atoms with Gasteiger partial charge in [0.05, 0.1) is 19.4 Å². The van der Waals surface area contributed by atoms with Crippen molar-refractivity contribution in [3.8, 4) is 11.5 Å². The third-order valence-corrected chi connectivity index (χ3v) is 4.52. The maximum Gasteiger partial charge on any atom is 0.230 e. The van der Waals surface area contributed by atoms with Gasteiger partial charge in [0, 0.05) is 5.41 Å². The Bertz CT molecular complexity index is 753. The van der Waals surface area contributed by atoms with E-state index in [1.807, 2.05) is 45.0 Å². The van der Waals surface area contributed by atoms with Crippen LogP contribution in [0.4, 0.5) is 5.69 Å². The molecule has 0 fully saturated rings. The van der Waals surface area contributed by atoms with Crippen molar-refractivity contribution in [3.05, 3.63) is 53.6 Å². The van der Waals surface area contributed by atoms with E-state index in [4.69, 9.17) is 9.47 Å². The van der Waals surface area contributed by atoms with Gasteiger partial charge in [0.1, 0.15) is 11.5 Å². The molecule has 0 aliphatic rings. The highest BCUT2D eigenvalue weighted by molar-refractivity contribution is 5.96. The van der Waals surface area contributed by atoms with Gasteiger partial charge < -0.3 is 14.8 Å². The smallest absolute Gasteiger partial charge is 0.230 e. The second kappa shape index (κ2) is 8.75. The molecule has 0 saturated heterocycles. The fraction of sp³-hybridized carbons (Fsp3) is 0.409. The zero-order valence-corrected chi connectivity index (χ0v) is 16.4. The van der Waals surface area contributed by atoms with Crippen molar-refractivity contribution in [2.24, 2.45) is 5.41 Å². The van der Waals surface area contributed by atoms with Crippen molar-refractivity contribution in [1.82, 2.24) is 0 Å². The lowest BCUT2D eigenvalue weighted by atomic mass is 9.87. The fourth-order valence-electron chi connectivity index (χ4n) is 2.71. The highest BCUT2D eigenvalue weighted by Crippen LogP contribution is 2.29. The van der Waals surface area contributed by atoms with Crippen LogP contribution in [0.5, 0.6) is 11.5 Å². The van der Waals surface area contributed by atoms with Crippen molar-refractivity contribution in [1.29, 1.82) is 0 Å².